The molecule has 1 aliphatic heterocycles. The minimum absolute atomic E-state index is 0.162. The van der Waals surface area contributed by atoms with Crippen LogP contribution in [0.15, 0.2) is 20.9 Å². The second kappa shape index (κ2) is 7.47. The predicted octanol–water partition coefficient (Wildman–Crippen LogP) is 1.95. The zero-order valence-corrected chi connectivity index (χ0v) is 16.3. The second-order valence-electron chi connectivity index (χ2n) is 6.31. The summed E-state index contributed by atoms with van der Waals surface area (Å²) < 4.78 is 32.4. The van der Waals surface area contributed by atoms with Crippen LogP contribution in [0.5, 0.6) is 0 Å². The Bertz CT molecular complexity index is 883. The molecule has 8 nitrogen and oxygen atoms in total. The van der Waals surface area contributed by atoms with E-state index in [-0.39, 0.29) is 4.90 Å². The fourth-order valence-electron chi connectivity index (χ4n) is 3.15. The van der Waals surface area contributed by atoms with Crippen molar-refractivity contribution >= 4 is 27.3 Å². The van der Waals surface area contributed by atoms with Crippen molar-refractivity contribution in [3.8, 4) is 0 Å². The van der Waals surface area contributed by atoms with Crippen molar-refractivity contribution in [2.24, 2.45) is 0 Å². The van der Waals surface area contributed by atoms with Crippen molar-refractivity contribution in [2.45, 2.75) is 31.7 Å². The quantitative estimate of drug-likeness (QED) is 0.819. The molecule has 0 spiro atoms. The number of carbonyl (C=O) groups is 1. The Morgan fingerprint density at radius 2 is 2.08 bits per heavy atom. The average molecular weight is 399 g/mol. The molecule has 0 bridgehead atoms. The Morgan fingerprint density at radius 1 is 1.31 bits per heavy atom. The number of hydrogen-bond donors (Lipinski definition) is 1. The Kier molecular flexibility index (Phi) is 5.47. The summed E-state index contributed by atoms with van der Waals surface area (Å²) in [5.74, 6) is -0.614. The number of carboxylic acids is 1. The number of aryl methyl sites for hydroxylation is 2. The van der Waals surface area contributed by atoms with Gasteiger partial charge < -0.3 is 9.63 Å². The fraction of sp³-hybridized carbons (Fsp3) is 0.500. The molecule has 0 saturated carbocycles. The maximum absolute atomic E-state index is 12.9. The third kappa shape index (κ3) is 3.83. The van der Waals surface area contributed by atoms with Crippen LogP contribution in [-0.4, -0.2) is 60.0 Å². The molecule has 26 heavy (non-hydrogen) atoms. The Morgan fingerprint density at radius 3 is 2.69 bits per heavy atom. The minimum atomic E-state index is -3.63. The molecule has 3 rings (SSSR count). The van der Waals surface area contributed by atoms with Crippen molar-refractivity contribution in [2.75, 3.05) is 26.2 Å². The number of nitrogens with zero attached hydrogens (tertiary/aromatic N) is 3. The summed E-state index contributed by atoms with van der Waals surface area (Å²) in [6.45, 7) is 6.00. The monoisotopic (exact) mass is 399 g/mol. The highest BCUT2D eigenvalue weighted by molar-refractivity contribution is 7.89. The summed E-state index contributed by atoms with van der Waals surface area (Å²) in [5, 5.41) is 14.6. The topological polar surface area (TPSA) is 104 Å². The third-order valence-corrected chi connectivity index (χ3v) is 7.49. The van der Waals surface area contributed by atoms with Gasteiger partial charge in [0.15, 0.2) is 5.76 Å². The maximum atomic E-state index is 12.9. The molecule has 0 amide bonds. The van der Waals surface area contributed by atoms with Crippen LogP contribution in [0.25, 0.3) is 0 Å². The molecule has 0 radical (unpaired) electrons. The molecule has 2 aromatic rings. The second-order valence-corrected chi connectivity index (χ2v) is 9.10. The first-order chi connectivity index (χ1) is 12.3. The molecular formula is C16H21N3O5S2. The van der Waals surface area contributed by atoms with Crippen LogP contribution in [0.3, 0.4) is 0 Å². The molecule has 0 unspecified atom stereocenters. The molecule has 3 heterocycles. The first kappa shape index (κ1) is 19.0. The van der Waals surface area contributed by atoms with E-state index in [1.165, 1.54) is 15.6 Å². The Labute approximate surface area is 156 Å². The smallest absolute Gasteiger partial charge is 0.345 e. The molecule has 2 aromatic heterocycles. The summed E-state index contributed by atoms with van der Waals surface area (Å²) in [6, 6.07) is 1.68. The lowest BCUT2D eigenvalue weighted by atomic mass is 10.2. The summed E-state index contributed by atoms with van der Waals surface area (Å²) in [6.07, 6.45) is 0.707. The van der Waals surface area contributed by atoms with Crippen molar-refractivity contribution in [3.05, 3.63) is 33.3 Å². The van der Waals surface area contributed by atoms with Crippen molar-refractivity contribution in [1.82, 2.24) is 14.4 Å². The van der Waals surface area contributed by atoms with E-state index in [2.05, 4.69) is 10.1 Å². The molecule has 142 valence electrons. The van der Waals surface area contributed by atoms with E-state index in [0.29, 0.717) is 48.9 Å². The van der Waals surface area contributed by atoms with Gasteiger partial charge in [-0.1, -0.05) is 5.16 Å². The minimum Gasteiger partial charge on any atom is -0.477 e. The molecular weight excluding hydrogens is 378 g/mol. The van der Waals surface area contributed by atoms with Gasteiger partial charge in [-0.2, -0.15) is 4.31 Å². The van der Waals surface area contributed by atoms with E-state index in [1.807, 2.05) is 5.38 Å². The van der Waals surface area contributed by atoms with E-state index in [0.717, 1.165) is 12.1 Å². The summed E-state index contributed by atoms with van der Waals surface area (Å²) >= 11 is 1.21. The van der Waals surface area contributed by atoms with E-state index < -0.39 is 16.0 Å². The van der Waals surface area contributed by atoms with Crippen LogP contribution in [0.2, 0.25) is 0 Å². The van der Waals surface area contributed by atoms with E-state index in [1.54, 1.807) is 19.9 Å². The summed E-state index contributed by atoms with van der Waals surface area (Å²) in [4.78, 5) is 13.6. The van der Waals surface area contributed by atoms with Crippen LogP contribution in [-0.2, 0) is 16.6 Å². The van der Waals surface area contributed by atoms with Gasteiger partial charge in [-0.25, -0.2) is 13.2 Å². The summed E-state index contributed by atoms with van der Waals surface area (Å²) in [5.41, 5.74) is 1.32. The number of hydrogen-bond acceptors (Lipinski definition) is 7. The molecule has 1 fully saturated rings. The molecule has 1 N–H and O–H groups in total. The van der Waals surface area contributed by atoms with E-state index >= 15 is 0 Å². The number of sulfonamides is 1. The van der Waals surface area contributed by atoms with Crippen LogP contribution in [0.4, 0.5) is 0 Å². The average Bonchev–Trinajstić information content (AvgIpc) is 3.08. The lowest BCUT2D eigenvalue weighted by Crippen LogP contribution is -2.35. The highest BCUT2D eigenvalue weighted by atomic mass is 32.2. The van der Waals surface area contributed by atoms with Crippen molar-refractivity contribution < 1.29 is 22.8 Å². The van der Waals surface area contributed by atoms with Crippen LogP contribution < -0.4 is 0 Å². The van der Waals surface area contributed by atoms with Crippen LogP contribution in [0.1, 0.15) is 33.1 Å². The lowest BCUT2D eigenvalue weighted by molar-refractivity contribution is 0.0702. The van der Waals surface area contributed by atoms with Crippen LogP contribution >= 0.6 is 11.3 Å². The number of aromatic carboxylic acids is 1. The molecule has 0 aliphatic carbocycles. The highest BCUT2D eigenvalue weighted by Gasteiger charge is 2.32. The van der Waals surface area contributed by atoms with Gasteiger partial charge in [-0.05, 0) is 43.8 Å². The summed E-state index contributed by atoms with van der Waals surface area (Å²) in [7, 11) is -3.63. The van der Waals surface area contributed by atoms with Gasteiger partial charge in [0.2, 0.25) is 10.0 Å². The number of rotatable bonds is 5. The van der Waals surface area contributed by atoms with Gasteiger partial charge in [0.05, 0.1) is 0 Å². The molecule has 1 saturated heterocycles. The highest BCUT2D eigenvalue weighted by Crippen LogP contribution is 2.25. The van der Waals surface area contributed by atoms with Gasteiger partial charge in [0.25, 0.3) is 0 Å². The zero-order valence-electron chi connectivity index (χ0n) is 14.6. The Hall–Kier alpha value is -1.75. The van der Waals surface area contributed by atoms with Gasteiger partial charge in [0.1, 0.15) is 15.5 Å². The number of thiophene rings is 1. The first-order valence-electron chi connectivity index (χ1n) is 8.25. The predicted molar refractivity (Wildman–Crippen MR) is 95.9 cm³/mol. The molecule has 10 heteroatoms. The molecule has 0 aromatic carbocycles. The third-order valence-electron chi connectivity index (χ3n) is 4.38. The Balaban J connectivity index is 1.69. The normalized spacial score (nSPS) is 17.3. The van der Waals surface area contributed by atoms with Crippen molar-refractivity contribution in [1.29, 1.82) is 0 Å². The number of aromatic nitrogens is 1. The van der Waals surface area contributed by atoms with Crippen molar-refractivity contribution in [3.63, 3.8) is 0 Å². The standard InChI is InChI=1S/C16H21N3O5S2/c1-11-15(12(2)24-17-11)26(22,23)19-5-3-4-18(6-7-19)9-13-8-14(16(20)21)25-10-13/h8,10H,3-7,9H2,1-2H3,(H,20,21). The van der Waals surface area contributed by atoms with Gasteiger partial charge in [-0.3, -0.25) is 4.90 Å². The van der Waals surface area contributed by atoms with Gasteiger partial charge in [0, 0.05) is 26.2 Å². The van der Waals surface area contributed by atoms with E-state index in [4.69, 9.17) is 9.63 Å². The van der Waals surface area contributed by atoms with Crippen LogP contribution in [0, 0.1) is 13.8 Å². The molecule has 1 aliphatic rings. The fourth-order valence-corrected chi connectivity index (χ4v) is 5.65. The largest absolute Gasteiger partial charge is 0.477 e. The molecule has 0 atom stereocenters. The number of carboxylic acid groups (broad SMARTS) is 1. The van der Waals surface area contributed by atoms with Gasteiger partial charge in [-0.15, -0.1) is 11.3 Å². The van der Waals surface area contributed by atoms with Gasteiger partial charge >= 0.3 is 5.97 Å². The van der Waals surface area contributed by atoms with E-state index in [9.17, 15) is 13.2 Å². The lowest BCUT2D eigenvalue weighted by Gasteiger charge is -2.21. The SMILES string of the molecule is Cc1noc(C)c1S(=O)(=O)N1CCCN(Cc2csc(C(=O)O)c2)CC1. The first-order valence-corrected chi connectivity index (χ1v) is 10.6. The zero-order chi connectivity index (χ0) is 18.9. The maximum Gasteiger partial charge on any atom is 0.345 e.